The number of Topliss-reactive ketones (excluding diaryl/α,β-unsaturated/α-hetero) is 4. The zero-order valence-electron chi connectivity index (χ0n) is 26.2. The summed E-state index contributed by atoms with van der Waals surface area (Å²) in [5.74, 6) is -1.91. The predicted octanol–water partition coefficient (Wildman–Crippen LogP) is 7.57. The lowest BCUT2D eigenvalue weighted by atomic mass is 10.0. The summed E-state index contributed by atoms with van der Waals surface area (Å²) < 4.78 is 8.27. The predicted molar refractivity (Wildman–Crippen MR) is 193 cm³/mol. The first kappa shape index (κ1) is 30.3. The lowest BCUT2D eigenvalue weighted by Crippen LogP contribution is -1.99. The van der Waals surface area contributed by atoms with Crippen LogP contribution in [0, 0.1) is 45.3 Å². The molecule has 0 spiro atoms. The molecule has 0 N–H and O–H groups in total. The fourth-order valence-electron chi connectivity index (χ4n) is 7.00. The van der Waals surface area contributed by atoms with Gasteiger partial charge in [-0.15, -0.1) is 34.0 Å². The fraction of sp³-hybridized carbons (Fsp3) is 0.0526. The number of carbonyl (C=O) groups excluding carboxylic acids is 4. The van der Waals surface area contributed by atoms with Crippen molar-refractivity contribution in [3.8, 4) is 24.3 Å². The van der Waals surface area contributed by atoms with Gasteiger partial charge in [0.1, 0.15) is 24.3 Å². The molecule has 238 valence electrons. The Morgan fingerprint density at radius 2 is 0.804 bits per heavy atom. The molecule has 10 nitrogen and oxygen atoms in total. The van der Waals surface area contributed by atoms with Crippen molar-refractivity contribution >= 4 is 110 Å². The smallest absolute Gasteiger partial charge is 0.197 e. The number of rotatable bonds is 2. The maximum Gasteiger partial charge on any atom is 0.197 e. The van der Waals surface area contributed by atoms with Crippen LogP contribution in [0.25, 0.3) is 53.0 Å². The van der Waals surface area contributed by atoms with Crippen molar-refractivity contribution in [3.63, 3.8) is 0 Å². The lowest BCUT2D eigenvalue weighted by molar-refractivity contribution is 0.0975. The Bertz CT molecular complexity index is 2860. The molecule has 0 aliphatic heterocycles. The van der Waals surface area contributed by atoms with E-state index in [1.54, 1.807) is 23.5 Å². The van der Waals surface area contributed by atoms with E-state index in [9.17, 15) is 40.2 Å². The van der Waals surface area contributed by atoms with Crippen LogP contribution in [0.5, 0.6) is 0 Å². The third-order valence-electron chi connectivity index (χ3n) is 9.46. The van der Waals surface area contributed by atoms with Crippen molar-refractivity contribution in [2.75, 3.05) is 0 Å². The molecule has 0 bridgehead atoms. The summed E-state index contributed by atoms with van der Waals surface area (Å²) in [6.45, 7) is 0. The van der Waals surface area contributed by atoms with Crippen LogP contribution < -0.4 is 0 Å². The Labute approximate surface area is 298 Å². The van der Waals surface area contributed by atoms with Crippen LogP contribution in [0.2, 0.25) is 0 Å². The van der Waals surface area contributed by atoms with Crippen LogP contribution in [0.3, 0.4) is 0 Å². The average Bonchev–Trinajstić information content (AvgIpc) is 3.99. The first-order chi connectivity index (χ1) is 24.6. The Morgan fingerprint density at radius 3 is 1.10 bits per heavy atom. The van der Waals surface area contributed by atoms with Gasteiger partial charge in [0.2, 0.25) is 0 Å². The second-order valence-corrected chi connectivity index (χ2v) is 15.3. The molecular weight excluding hydrogens is 701 g/mol. The van der Waals surface area contributed by atoms with Gasteiger partial charge in [0, 0.05) is 46.1 Å². The van der Waals surface area contributed by atoms with E-state index in [4.69, 9.17) is 0 Å². The van der Waals surface area contributed by atoms with Crippen molar-refractivity contribution < 1.29 is 19.2 Å². The molecule has 5 aromatic heterocycles. The summed E-state index contributed by atoms with van der Waals surface area (Å²) in [5.41, 5.74) is 4.61. The van der Waals surface area contributed by atoms with Crippen LogP contribution in [-0.2, 0) is 14.1 Å². The zero-order valence-corrected chi connectivity index (χ0v) is 28.6. The number of thiophene rings is 3. The highest BCUT2D eigenvalue weighted by Gasteiger charge is 2.36. The number of aromatic nitrogens is 2. The molecule has 0 amide bonds. The van der Waals surface area contributed by atoms with Gasteiger partial charge in [-0.2, -0.15) is 21.0 Å². The Hall–Kier alpha value is -6.74. The first-order valence-electron chi connectivity index (χ1n) is 15.1. The molecule has 2 aliphatic carbocycles. The molecule has 0 atom stereocenters. The molecule has 2 aliphatic rings. The molecule has 2 aromatic carbocycles. The standard InChI is InChI=1S/C38H14N6O4S3/c1-43-27-9-19(7-25-31(45)21-3-15(11-39)16(12-40)4-22(21)32(25)46)49-35(27)37-29(43)30-38(51-37)36-28(44(30)2)10-20(50-36)8-26-33(47)23-5-17(13-41)18(14-42)6-24(23)34(26)48/h3-10H,1-2H3. The molecule has 7 aromatic rings. The van der Waals surface area contributed by atoms with E-state index in [-0.39, 0.29) is 55.7 Å². The summed E-state index contributed by atoms with van der Waals surface area (Å²) in [6, 6.07) is 16.8. The molecule has 9 rings (SSSR count). The fourth-order valence-corrected chi connectivity index (χ4v) is 10.9. The van der Waals surface area contributed by atoms with Crippen molar-refractivity contribution in [1.82, 2.24) is 9.13 Å². The number of nitriles is 4. The highest BCUT2D eigenvalue weighted by molar-refractivity contribution is 7.34. The van der Waals surface area contributed by atoms with E-state index in [2.05, 4.69) is 9.13 Å². The molecular formula is C38H14N6O4S3. The van der Waals surface area contributed by atoms with Crippen LogP contribution >= 0.6 is 34.0 Å². The first-order valence-corrected chi connectivity index (χ1v) is 17.5. The molecule has 0 radical (unpaired) electrons. The minimum atomic E-state index is -0.477. The maximum atomic E-state index is 13.3. The van der Waals surface area contributed by atoms with E-state index < -0.39 is 23.1 Å². The van der Waals surface area contributed by atoms with E-state index >= 15 is 0 Å². The monoisotopic (exact) mass is 714 g/mol. The van der Waals surface area contributed by atoms with Crippen molar-refractivity contribution in [2.45, 2.75) is 0 Å². The van der Waals surface area contributed by atoms with Gasteiger partial charge in [0.15, 0.2) is 23.1 Å². The quantitative estimate of drug-likeness (QED) is 0.130. The van der Waals surface area contributed by atoms with E-state index in [1.165, 1.54) is 46.9 Å². The number of benzene rings is 2. The van der Waals surface area contributed by atoms with Gasteiger partial charge in [0.05, 0.1) is 74.3 Å². The van der Waals surface area contributed by atoms with E-state index in [0.717, 1.165) is 40.9 Å². The molecule has 0 fully saturated rings. The number of nitrogens with zero attached hydrogens (tertiary/aromatic N) is 6. The number of allylic oxidation sites excluding steroid dienone is 2. The second kappa shape index (κ2) is 10.4. The second-order valence-electron chi connectivity index (χ2n) is 12.1. The molecule has 0 unspecified atom stereocenters. The summed E-state index contributed by atoms with van der Waals surface area (Å²) in [7, 11) is 3.94. The van der Waals surface area contributed by atoms with Gasteiger partial charge >= 0.3 is 0 Å². The topological polar surface area (TPSA) is 173 Å². The van der Waals surface area contributed by atoms with Gasteiger partial charge in [-0.1, -0.05) is 0 Å². The number of hydrogen-bond acceptors (Lipinski definition) is 11. The third kappa shape index (κ3) is 3.91. The van der Waals surface area contributed by atoms with Crippen molar-refractivity contribution in [1.29, 1.82) is 21.0 Å². The van der Waals surface area contributed by atoms with E-state index in [0.29, 0.717) is 9.75 Å². The average molecular weight is 715 g/mol. The number of fused-ring (bicyclic) bond motifs is 9. The zero-order chi connectivity index (χ0) is 35.6. The van der Waals surface area contributed by atoms with Crippen LogP contribution in [0.15, 0.2) is 47.5 Å². The molecule has 13 heteroatoms. The summed E-state index contributed by atoms with van der Waals surface area (Å²) in [4.78, 5) is 54.5. The van der Waals surface area contributed by atoms with E-state index in [1.807, 2.05) is 50.5 Å². The van der Waals surface area contributed by atoms with Crippen molar-refractivity contribution in [2.24, 2.45) is 14.1 Å². The summed E-state index contributed by atoms with van der Waals surface area (Å²) >= 11 is 4.54. The minimum Gasteiger partial charge on any atom is -0.340 e. The van der Waals surface area contributed by atoms with Crippen LogP contribution in [0.4, 0.5) is 0 Å². The van der Waals surface area contributed by atoms with Gasteiger partial charge in [-0.3, -0.25) is 19.2 Å². The molecule has 0 saturated heterocycles. The Balaban J connectivity index is 1.12. The van der Waals surface area contributed by atoms with Crippen LogP contribution in [-0.4, -0.2) is 32.3 Å². The molecule has 0 saturated carbocycles. The summed E-state index contributed by atoms with van der Waals surface area (Å²) in [5, 5.41) is 37.6. The van der Waals surface area contributed by atoms with Crippen molar-refractivity contribution in [3.05, 3.63) is 102 Å². The number of carbonyl (C=O) groups is 4. The normalized spacial score (nSPS) is 13.7. The number of aryl methyl sites for hydroxylation is 2. The Kier molecular flexibility index (Phi) is 6.17. The minimum absolute atomic E-state index is 0.0107. The SMILES string of the molecule is Cn1c2cc(C=C3C(=O)c4cc(C#N)c(C#N)cc4C3=O)sc2c2sc3c4sc(C=C5C(=O)c6cc(C#N)c(C#N)cc6C5=O)cc4n(C)c3c21. The van der Waals surface area contributed by atoms with Gasteiger partial charge in [-0.05, 0) is 48.6 Å². The maximum absolute atomic E-state index is 13.3. The lowest BCUT2D eigenvalue weighted by Gasteiger charge is -1.99. The summed E-state index contributed by atoms with van der Waals surface area (Å²) in [6.07, 6.45) is 3.16. The molecule has 51 heavy (non-hydrogen) atoms. The Morgan fingerprint density at radius 1 is 0.490 bits per heavy atom. The molecule has 5 heterocycles. The number of hydrogen-bond donors (Lipinski definition) is 0. The number of ketones is 4. The van der Waals surface area contributed by atoms with Gasteiger partial charge in [-0.25, -0.2) is 0 Å². The third-order valence-corrected chi connectivity index (χ3v) is 13.1. The highest BCUT2D eigenvalue weighted by Crippen LogP contribution is 2.49. The van der Waals surface area contributed by atoms with Crippen LogP contribution in [0.1, 0.15) is 73.4 Å². The largest absolute Gasteiger partial charge is 0.340 e. The highest BCUT2D eigenvalue weighted by atomic mass is 32.1. The van der Waals surface area contributed by atoms with Gasteiger partial charge in [0.25, 0.3) is 0 Å². The van der Waals surface area contributed by atoms with Gasteiger partial charge < -0.3 is 9.13 Å².